The summed E-state index contributed by atoms with van der Waals surface area (Å²) in [6.45, 7) is 5.97. The molecule has 1 aliphatic carbocycles. The predicted molar refractivity (Wildman–Crippen MR) is 77.6 cm³/mol. The smallest absolute Gasteiger partial charge is 0.315 e. The topological polar surface area (TPSA) is 26.3 Å². The van der Waals surface area contributed by atoms with Crippen LogP contribution in [0.15, 0.2) is 28.7 Å². The number of methoxy groups -OCH3 is 1. The van der Waals surface area contributed by atoms with E-state index in [4.69, 9.17) is 4.74 Å². The highest BCUT2D eigenvalue weighted by atomic mass is 79.9. The highest BCUT2D eigenvalue weighted by molar-refractivity contribution is 9.10. The van der Waals surface area contributed by atoms with Crippen LogP contribution >= 0.6 is 15.9 Å². The van der Waals surface area contributed by atoms with E-state index in [0.29, 0.717) is 0 Å². The molecule has 3 heteroatoms. The molecule has 100 valence electrons. The predicted octanol–water partition coefficient (Wildman–Crippen LogP) is 4.32. The quantitative estimate of drug-likeness (QED) is 0.760. The van der Waals surface area contributed by atoms with Gasteiger partial charge in [-0.2, -0.15) is 0 Å². The molecule has 18 heavy (non-hydrogen) atoms. The van der Waals surface area contributed by atoms with E-state index in [1.165, 1.54) is 20.0 Å². The van der Waals surface area contributed by atoms with Crippen molar-refractivity contribution in [2.24, 2.45) is 5.92 Å². The second kappa shape index (κ2) is 6.37. The maximum absolute atomic E-state index is 11.5. The van der Waals surface area contributed by atoms with Crippen LogP contribution in [0.25, 0.3) is 0 Å². The molecule has 0 saturated heterocycles. The van der Waals surface area contributed by atoms with Crippen LogP contribution in [0, 0.1) is 5.92 Å². The zero-order valence-corrected chi connectivity index (χ0v) is 13.1. The molecule has 1 aromatic carbocycles. The summed E-state index contributed by atoms with van der Waals surface area (Å²) < 4.78 is 5.72. The molecular formula is C15H21BrO2. The van der Waals surface area contributed by atoms with Crippen LogP contribution in [0.3, 0.4) is 0 Å². The van der Waals surface area contributed by atoms with Crippen LogP contribution < -0.4 is 0 Å². The molecule has 0 aromatic heterocycles. The molecule has 0 aliphatic heterocycles. The van der Waals surface area contributed by atoms with Crippen molar-refractivity contribution in [2.75, 3.05) is 7.11 Å². The molecule has 0 N–H and O–H groups in total. The largest absolute Gasteiger partial charge is 0.468 e. The Balaban J connectivity index is 0.000000341. The molecule has 1 saturated carbocycles. The number of benzene rings is 1. The van der Waals surface area contributed by atoms with Crippen LogP contribution in [-0.2, 0) is 14.9 Å². The molecule has 1 aliphatic rings. The Morgan fingerprint density at radius 3 is 2.33 bits per heavy atom. The minimum Gasteiger partial charge on any atom is -0.468 e. The molecule has 0 bridgehead atoms. The number of hydrogen-bond acceptors (Lipinski definition) is 2. The van der Waals surface area contributed by atoms with Crippen LogP contribution in [0.4, 0.5) is 0 Å². The van der Waals surface area contributed by atoms with E-state index in [2.05, 4.69) is 22.9 Å². The standard InChI is InChI=1S/C11H13BrO2.C4H8/c1-11(2,10(13)14-3)8-5-4-6-9(12)7-8;1-4-2-3-4/h4-7H,1-3H3;4H,2-3H2,1H3. The second-order valence-corrected chi connectivity index (χ2v) is 6.23. The lowest BCUT2D eigenvalue weighted by atomic mass is 9.85. The fourth-order valence-electron chi connectivity index (χ4n) is 1.42. The summed E-state index contributed by atoms with van der Waals surface area (Å²) in [5, 5.41) is 0. The van der Waals surface area contributed by atoms with Gasteiger partial charge >= 0.3 is 5.97 Å². The van der Waals surface area contributed by atoms with Gasteiger partial charge in [0.15, 0.2) is 0 Å². The summed E-state index contributed by atoms with van der Waals surface area (Å²) >= 11 is 3.37. The third kappa shape index (κ3) is 4.45. The van der Waals surface area contributed by atoms with E-state index in [0.717, 1.165) is 16.0 Å². The van der Waals surface area contributed by atoms with Gasteiger partial charge in [-0.15, -0.1) is 0 Å². The number of halogens is 1. The van der Waals surface area contributed by atoms with E-state index < -0.39 is 5.41 Å². The normalized spacial score (nSPS) is 14.5. The fraction of sp³-hybridized carbons (Fsp3) is 0.533. The Hall–Kier alpha value is -0.830. The van der Waals surface area contributed by atoms with Crippen LogP contribution in [-0.4, -0.2) is 13.1 Å². The first-order valence-corrected chi connectivity index (χ1v) is 7.01. The van der Waals surface area contributed by atoms with Gasteiger partial charge in [0.25, 0.3) is 0 Å². The Bertz CT molecular complexity index is 409. The van der Waals surface area contributed by atoms with E-state index in [-0.39, 0.29) is 5.97 Å². The molecular weight excluding hydrogens is 292 g/mol. The van der Waals surface area contributed by atoms with Crippen LogP contribution in [0.1, 0.15) is 39.2 Å². The zero-order chi connectivity index (χ0) is 13.8. The van der Waals surface area contributed by atoms with Gasteiger partial charge in [0.1, 0.15) is 0 Å². The third-order valence-corrected chi connectivity index (χ3v) is 3.60. The summed E-state index contributed by atoms with van der Waals surface area (Å²) in [6, 6.07) is 7.68. The maximum Gasteiger partial charge on any atom is 0.315 e. The summed E-state index contributed by atoms with van der Waals surface area (Å²) in [6.07, 6.45) is 2.97. The number of ether oxygens (including phenoxy) is 1. The first-order chi connectivity index (χ1) is 8.37. The summed E-state index contributed by atoms with van der Waals surface area (Å²) in [5.41, 5.74) is 0.345. The SMILES string of the molecule is CC1CC1.COC(=O)C(C)(C)c1cccc(Br)c1. The van der Waals surface area contributed by atoms with Gasteiger partial charge < -0.3 is 4.74 Å². The highest BCUT2D eigenvalue weighted by Gasteiger charge is 2.30. The Morgan fingerprint density at radius 2 is 1.94 bits per heavy atom. The van der Waals surface area contributed by atoms with Crippen molar-refractivity contribution in [1.29, 1.82) is 0 Å². The Labute approximate surface area is 118 Å². The molecule has 1 aromatic rings. The number of carbonyl (C=O) groups excluding carboxylic acids is 1. The van der Waals surface area contributed by atoms with E-state index in [9.17, 15) is 4.79 Å². The van der Waals surface area contributed by atoms with Gasteiger partial charge in [0, 0.05) is 4.47 Å². The van der Waals surface area contributed by atoms with Crippen molar-refractivity contribution >= 4 is 21.9 Å². The van der Waals surface area contributed by atoms with Crippen molar-refractivity contribution in [3.63, 3.8) is 0 Å². The third-order valence-electron chi connectivity index (χ3n) is 3.11. The van der Waals surface area contributed by atoms with E-state index in [1.807, 2.05) is 38.1 Å². The number of hydrogen-bond donors (Lipinski definition) is 0. The lowest BCUT2D eigenvalue weighted by molar-refractivity contribution is -0.146. The average molecular weight is 313 g/mol. The number of rotatable bonds is 2. The van der Waals surface area contributed by atoms with Gasteiger partial charge in [-0.1, -0.05) is 47.8 Å². The molecule has 2 nitrogen and oxygen atoms in total. The first kappa shape index (κ1) is 15.2. The van der Waals surface area contributed by atoms with Gasteiger partial charge in [0.05, 0.1) is 12.5 Å². The second-order valence-electron chi connectivity index (χ2n) is 5.31. The van der Waals surface area contributed by atoms with Crippen LogP contribution in [0.2, 0.25) is 0 Å². The molecule has 0 unspecified atom stereocenters. The molecule has 0 heterocycles. The van der Waals surface area contributed by atoms with Gasteiger partial charge in [-0.3, -0.25) is 4.79 Å². The molecule has 0 amide bonds. The first-order valence-electron chi connectivity index (χ1n) is 6.22. The van der Waals surface area contributed by atoms with Gasteiger partial charge in [-0.05, 0) is 37.5 Å². The lowest BCUT2D eigenvalue weighted by Gasteiger charge is -2.21. The number of esters is 1. The van der Waals surface area contributed by atoms with Gasteiger partial charge in [-0.25, -0.2) is 0 Å². The van der Waals surface area contributed by atoms with Crippen molar-refractivity contribution in [3.05, 3.63) is 34.3 Å². The minimum atomic E-state index is -0.599. The van der Waals surface area contributed by atoms with Crippen molar-refractivity contribution in [1.82, 2.24) is 0 Å². The molecule has 0 atom stereocenters. The number of carbonyl (C=O) groups is 1. The zero-order valence-electron chi connectivity index (χ0n) is 11.5. The molecule has 1 fully saturated rings. The van der Waals surface area contributed by atoms with Gasteiger partial charge in [0.2, 0.25) is 0 Å². The maximum atomic E-state index is 11.5. The van der Waals surface area contributed by atoms with Crippen molar-refractivity contribution < 1.29 is 9.53 Å². The lowest BCUT2D eigenvalue weighted by Crippen LogP contribution is -2.30. The average Bonchev–Trinajstić information content (AvgIpc) is 3.11. The fourth-order valence-corrected chi connectivity index (χ4v) is 1.82. The van der Waals surface area contributed by atoms with E-state index in [1.54, 1.807) is 0 Å². The van der Waals surface area contributed by atoms with Crippen molar-refractivity contribution in [3.8, 4) is 0 Å². The monoisotopic (exact) mass is 312 g/mol. The van der Waals surface area contributed by atoms with Crippen molar-refractivity contribution in [2.45, 2.75) is 39.0 Å². The minimum absolute atomic E-state index is 0.226. The summed E-state index contributed by atoms with van der Waals surface area (Å²) in [4.78, 5) is 11.5. The highest BCUT2D eigenvalue weighted by Crippen LogP contribution is 2.27. The Kier molecular flexibility index (Phi) is 5.39. The summed E-state index contributed by atoms with van der Waals surface area (Å²) in [5.74, 6) is 0.857. The molecule has 2 rings (SSSR count). The van der Waals surface area contributed by atoms with Crippen LogP contribution in [0.5, 0.6) is 0 Å². The molecule has 0 spiro atoms. The van der Waals surface area contributed by atoms with E-state index >= 15 is 0 Å². The molecule has 0 radical (unpaired) electrons. The Morgan fingerprint density at radius 1 is 1.39 bits per heavy atom. The summed E-state index contributed by atoms with van der Waals surface area (Å²) in [7, 11) is 1.40.